The number of nitrogens with zero attached hydrogens (tertiary/aromatic N) is 3. The SMILES string of the molecule is CCn1ncc(NC(=O)N2CCCC(C(=O)O)C2)c1C(F)(F)F. The summed E-state index contributed by atoms with van der Waals surface area (Å²) in [5, 5.41) is 14.8. The van der Waals surface area contributed by atoms with E-state index in [2.05, 4.69) is 10.4 Å². The number of likely N-dealkylation sites (tertiary alicyclic amines) is 1. The van der Waals surface area contributed by atoms with Crippen LogP contribution in [0.3, 0.4) is 0 Å². The topological polar surface area (TPSA) is 87.5 Å². The molecule has 7 nitrogen and oxygen atoms in total. The summed E-state index contributed by atoms with van der Waals surface area (Å²) in [5.41, 5.74) is -1.46. The fraction of sp³-hybridized carbons (Fsp3) is 0.615. The van der Waals surface area contributed by atoms with Crippen molar-refractivity contribution in [3.05, 3.63) is 11.9 Å². The number of piperidine rings is 1. The summed E-state index contributed by atoms with van der Waals surface area (Å²) in [5.74, 6) is -1.72. The normalized spacial score (nSPS) is 18.8. The largest absolute Gasteiger partial charge is 0.481 e. The van der Waals surface area contributed by atoms with Crippen LogP contribution in [-0.4, -0.2) is 44.9 Å². The molecule has 10 heteroatoms. The van der Waals surface area contributed by atoms with Gasteiger partial charge in [0.25, 0.3) is 0 Å². The number of urea groups is 1. The molecule has 1 aliphatic rings. The van der Waals surface area contributed by atoms with Gasteiger partial charge in [0.15, 0.2) is 5.69 Å². The van der Waals surface area contributed by atoms with Gasteiger partial charge in [0, 0.05) is 19.6 Å². The van der Waals surface area contributed by atoms with E-state index in [9.17, 15) is 22.8 Å². The molecule has 23 heavy (non-hydrogen) atoms. The lowest BCUT2D eigenvalue weighted by Crippen LogP contribution is -2.44. The minimum atomic E-state index is -4.65. The zero-order valence-corrected chi connectivity index (χ0v) is 12.4. The Kier molecular flexibility index (Phi) is 4.81. The Balaban J connectivity index is 2.14. The summed E-state index contributed by atoms with van der Waals surface area (Å²) in [6.45, 7) is 1.80. The van der Waals surface area contributed by atoms with Gasteiger partial charge < -0.3 is 15.3 Å². The molecular weight excluding hydrogens is 317 g/mol. The number of hydrogen-bond donors (Lipinski definition) is 2. The van der Waals surface area contributed by atoms with E-state index in [1.807, 2.05) is 0 Å². The molecule has 0 bridgehead atoms. The summed E-state index contributed by atoms with van der Waals surface area (Å²) in [4.78, 5) is 24.3. The Morgan fingerprint density at radius 1 is 1.48 bits per heavy atom. The van der Waals surface area contributed by atoms with E-state index in [0.29, 0.717) is 19.4 Å². The molecule has 1 aromatic heterocycles. The molecule has 1 unspecified atom stereocenters. The number of carboxylic acids is 1. The van der Waals surface area contributed by atoms with Crippen LogP contribution in [0.5, 0.6) is 0 Å². The smallest absolute Gasteiger partial charge is 0.435 e. The van der Waals surface area contributed by atoms with Crippen molar-refractivity contribution in [2.24, 2.45) is 5.92 Å². The summed E-state index contributed by atoms with van der Waals surface area (Å²) >= 11 is 0. The van der Waals surface area contributed by atoms with Crippen LogP contribution in [0.25, 0.3) is 0 Å². The highest BCUT2D eigenvalue weighted by molar-refractivity contribution is 5.90. The molecule has 1 aromatic rings. The first kappa shape index (κ1) is 17.1. The number of carbonyl (C=O) groups is 2. The van der Waals surface area contributed by atoms with Crippen LogP contribution in [0.2, 0.25) is 0 Å². The molecular formula is C13H17F3N4O3. The maximum absolute atomic E-state index is 13.1. The average molecular weight is 334 g/mol. The minimum absolute atomic E-state index is 0.00944. The quantitative estimate of drug-likeness (QED) is 0.887. The van der Waals surface area contributed by atoms with E-state index in [1.54, 1.807) is 0 Å². The number of amides is 2. The highest BCUT2D eigenvalue weighted by Gasteiger charge is 2.39. The number of carboxylic acid groups (broad SMARTS) is 1. The third kappa shape index (κ3) is 3.74. The lowest BCUT2D eigenvalue weighted by atomic mass is 9.99. The number of rotatable bonds is 3. The third-order valence-corrected chi connectivity index (χ3v) is 3.71. The van der Waals surface area contributed by atoms with Gasteiger partial charge in [-0.1, -0.05) is 0 Å². The Labute approximate surface area is 130 Å². The molecule has 0 aliphatic carbocycles. The van der Waals surface area contributed by atoms with E-state index in [4.69, 9.17) is 5.11 Å². The minimum Gasteiger partial charge on any atom is -0.481 e. The van der Waals surface area contributed by atoms with Crippen molar-refractivity contribution in [2.45, 2.75) is 32.5 Å². The molecule has 2 N–H and O–H groups in total. The Bertz CT molecular complexity index is 600. The molecule has 128 valence electrons. The van der Waals surface area contributed by atoms with Gasteiger partial charge in [-0.25, -0.2) is 4.79 Å². The van der Waals surface area contributed by atoms with Gasteiger partial charge in [-0.2, -0.15) is 18.3 Å². The van der Waals surface area contributed by atoms with Gasteiger partial charge in [0.2, 0.25) is 0 Å². The summed E-state index contributed by atoms with van der Waals surface area (Å²) in [6.07, 6.45) is -2.77. The molecule has 1 saturated heterocycles. The molecule has 2 rings (SSSR count). The van der Waals surface area contributed by atoms with Crippen molar-refractivity contribution in [3.63, 3.8) is 0 Å². The fourth-order valence-electron chi connectivity index (χ4n) is 2.57. The molecule has 0 radical (unpaired) electrons. The number of anilines is 1. The monoisotopic (exact) mass is 334 g/mol. The highest BCUT2D eigenvalue weighted by atomic mass is 19.4. The standard InChI is InChI=1S/C13H17F3N4O3/c1-2-20-10(13(14,15)16)9(6-17-20)18-12(23)19-5-3-4-8(7-19)11(21)22/h6,8H,2-5,7H2,1H3,(H,18,23)(H,21,22). The summed E-state index contributed by atoms with van der Waals surface area (Å²) in [6, 6.07) is -0.753. The average Bonchev–Trinajstić information content (AvgIpc) is 2.90. The molecule has 1 atom stereocenters. The van der Waals surface area contributed by atoms with Crippen molar-refractivity contribution in [2.75, 3.05) is 18.4 Å². The molecule has 1 aliphatic heterocycles. The summed E-state index contributed by atoms with van der Waals surface area (Å²) in [7, 11) is 0. The number of aromatic nitrogens is 2. The third-order valence-electron chi connectivity index (χ3n) is 3.71. The molecule has 2 amide bonds. The maximum atomic E-state index is 13.1. The first-order valence-electron chi connectivity index (χ1n) is 7.15. The first-order valence-corrected chi connectivity index (χ1v) is 7.15. The van der Waals surface area contributed by atoms with Gasteiger partial charge in [0.05, 0.1) is 17.8 Å². The fourth-order valence-corrected chi connectivity index (χ4v) is 2.57. The maximum Gasteiger partial charge on any atom is 0.435 e. The zero-order chi connectivity index (χ0) is 17.2. The predicted molar refractivity (Wildman–Crippen MR) is 73.9 cm³/mol. The predicted octanol–water partition coefficient (Wildman–Crippen LogP) is 2.25. The number of aliphatic carboxylic acids is 1. The van der Waals surface area contributed by atoms with Crippen molar-refractivity contribution in [1.82, 2.24) is 14.7 Å². The van der Waals surface area contributed by atoms with Gasteiger partial charge >= 0.3 is 18.2 Å². The van der Waals surface area contributed by atoms with Gasteiger partial charge in [-0.3, -0.25) is 9.48 Å². The number of carbonyl (C=O) groups excluding carboxylic acids is 1. The van der Waals surface area contributed by atoms with E-state index < -0.39 is 35.5 Å². The molecule has 1 fully saturated rings. The van der Waals surface area contributed by atoms with E-state index in [0.717, 1.165) is 10.9 Å². The summed E-state index contributed by atoms with van der Waals surface area (Å²) < 4.78 is 40.0. The second-order valence-corrected chi connectivity index (χ2v) is 5.27. The number of halogens is 3. The molecule has 0 spiro atoms. The lowest BCUT2D eigenvalue weighted by molar-refractivity contribution is -0.144. The lowest BCUT2D eigenvalue weighted by Gasteiger charge is -2.30. The Morgan fingerprint density at radius 3 is 2.74 bits per heavy atom. The van der Waals surface area contributed by atoms with Crippen LogP contribution in [-0.2, 0) is 17.5 Å². The van der Waals surface area contributed by atoms with Gasteiger partial charge in [-0.15, -0.1) is 0 Å². The van der Waals surface area contributed by atoms with E-state index in [-0.39, 0.29) is 13.1 Å². The number of nitrogens with one attached hydrogen (secondary N) is 1. The van der Waals surface area contributed by atoms with Crippen LogP contribution in [0.1, 0.15) is 25.5 Å². The Hall–Kier alpha value is -2.26. The van der Waals surface area contributed by atoms with Crippen LogP contribution in [0.4, 0.5) is 23.7 Å². The number of aryl methyl sites for hydroxylation is 1. The molecule has 2 heterocycles. The van der Waals surface area contributed by atoms with Crippen LogP contribution in [0.15, 0.2) is 6.20 Å². The van der Waals surface area contributed by atoms with Crippen molar-refractivity contribution in [3.8, 4) is 0 Å². The van der Waals surface area contributed by atoms with Crippen LogP contribution in [0, 0.1) is 5.92 Å². The number of alkyl halides is 3. The van der Waals surface area contributed by atoms with Crippen molar-refractivity contribution >= 4 is 17.7 Å². The highest BCUT2D eigenvalue weighted by Crippen LogP contribution is 2.35. The van der Waals surface area contributed by atoms with Gasteiger partial charge in [-0.05, 0) is 19.8 Å². The second-order valence-electron chi connectivity index (χ2n) is 5.27. The van der Waals surface area contributed by atoms with Crippen LogP contribution < -0.4 is 5.32 Å². The van der Waals surface area contributed by atoms with Crippen molar-refractivity contribution in [1.29, 1.82) is 0 Å². The Morgan fingerprint density at radius 2 is 2.17 bits per heavy atom. The number of hydrogen-bond acceptors (Lipinski definition) is 3. The second kappa shape index (κ2) is 6.47. The molecule has 0 aromatic carbocycles. The van der Waals surface area contributed by atoms with E-state index >= 15 is 0 Å². The van der Waals surface area contributed by atoms with Gasteiger partial charge in [0.1, 0.15) is 0 Å². The zero-order valence-electron chi connectivity index (χ0n) is 12.4. The van der Waals surface area contributed by atoms with E-state index in [1.165, 1.54) is 11.8 Å². The van der Waals surface area contributed by atoms with Crippen molar-refractivity contribution < 1.29 is 27.9 Å². The first-order chi connectivity index (χ1) is 10.7. The van der Waals surface area contributed by atoms with Crippen LogP contribution >= 0.6 is 0 Å². The molecule has 0 saturated carbocycles.